The van der Waals surface area contributed by atoms with Gasteiger partial charge in [-0.3, -0.25) is 4.79 Å². The standard InChI is InChI=1S/C14H16BrClN2OS/c15-9-4-5-10(16)11(8-9)18-13(19)14(12(17)20)6-2-1-3-7-14/h4-5,8H,1-3,6-7H2,(H2,17,20)(H,18,19). The van der Waals surface area contributed by atoms with Gasteiger partial charge in [0.05, 0.1) is 21.1 Å². The van der Waals surface area contributed by atoms with Crippen LogP contribution in [0.15, 0.2) is 22.7 Å². The van der Waals surface area contributed by atoms with E-state index in [1.54, 1.807) is 12.1 Å². The summed E-state index contributed by atoms with van der Waals surface area (Å²) >= 11 is 14.6. The molecule has 20 heavy (non-hydrogen) atoms. The van der Waals surface area contributed by atoms with Crippen molar-refractivity contribution in [3.63, 3.8) is 0 Å². The van der Waals surface area contributed by atoms with Crippen molar-refractivity contribution in [3.8, 4) is 0 Å². The van der Waals surface area contributed by atoms with Gasteiger partial charge in [-0.15, -0.1) is 0 Å². The number of anilines is 1. The van der Waals surface area contributed by atoms with Gasteiger partial charge in [0.2, 0.25) is 5.91 Å². The van der Waals surface area contributed by atoms with Gasteiger partial charge in [-0.1, -0.05) is 59.0 Å². The zero-order valence-corrected chi connectivity index (χ0v) is 14.1. The number of hydrogen-bond acceptors (Lipinski definition) is 2. The monoisotopic (exact) mass is 374 g/mol. The predicted octanol–water partition coefficient (Wildman–Crippen LogP) is 4.28. The zero-order valence-electron chi connectivity index (χ0n) is 10.9. The van der Waals surface area contributed by atoms with E-state index in [-0.39, 0.29) is 10.9 Å². The highest BCUT2D eigenvalue weighted by Gasteiger charge is 2.42. The first-order chi connectivity index (χ1) is 9.45. The minimum Gasteiger partial charge on any atom is -0.392 e. The SMILES string of the molecule is NC(=S)C1(C(=O)Nc2cc(Br)ccc2Cl)CCCCC1. The lowest BCUT2D eigenvalue weighted by molar-refractivity contribution is -0.123. The highest BCUT2D eigenvalue weighted by molar-refractivity contribution is 9.10. The van der Waals surface area contributed by atoms with Gasteiger partial charge in [-0.25, -0.2) is 0 Å². The van der Waals surface area contributed by atoms with Crippen molar-refractivity contribution >= 4 is 56.3 Å². The van der Waals surface area contributed by atoms with Gasteiger partial charge in [-0.2, -0.15) is 0 Å². The van der Waals surface area contributed by atoms with E-state index < -0.39 is 5.41 Å². The van der Waals surface area contributed by atoms with Crippen LogP contribution in [0.2, 0.25) is 5.02 Å². The third-order valence-electron chi connectivity index (χ3n) is 3.79. The molecule has 1 aliphatic carbocycles. The minimum absolute atomic E-state index is 0.148. The molecule has 0 unspecified atom stereocenters. The number of thiocarbonyl (C=S) groups is 1. The van der Waals surface area contributed by atoms with Crippen LogP contribution in [0.3, 0.4) is 0 Å². The molecule has 1 fully saturated rings. The fraction of sp³-hybridized carbons (Fsp3) is 0.429. The number of nitrogens with two attached hydrogens (primary N) is 1. The third kappa shape index (κ3) is 3.15. The van der Waals surface area contributed by atoms with Crippen LogP contribution < -0.4 is 11.1 Å². The fourth-order valence-corrected chi connectivity index (χ4v) is 3.40. The highest BCUT2D eigenvalue weighted by Crippen LogP contribution is 2.38. The maximum absolute atomic E-state index is 12.6. The van der Waals surface area contributed by atoms with Crippen molar-refractivity contribution in [2.24, 2.45) is 11.1 Å². The summed E-state index contributed by atoms with van der Waals surface area (Å²) < 4.78 is 0.852. The topological polar surface area (TPSA) is 55.1 Å². The smallest absolute Gasteiger partial charge is 0.237 e. The Morgan fingerprint density at radius 3 is 2.60 bits per heavy atom. The van der Waals surface area contributed by atoms with E-state index in [9.17, 15) is 4.79 Å². The van der Waals surface area contributed by atoms with Crippen LogP contribution >= 0.6 is 39.7 Å². The number of hydrogen-bond donors (Lipinski definition) is 2. The summed E-state index contributed by atoms with van der Waals surface area (Å²) in [4.78, 5) is 12.9. The number of carbonyl (C=O) groups excluding carboxylic acids is 1. The quantitative estimate of drug-likeness (QED) is 0.775. The van der Waals surface area contributed by atoms with Crippen LogP contribution in [0, 0.1) is 5.41 Å². The Kier molecular flexibility index (Phi) is 5.04. The molecule has 1 aromatic rings. The number of halogens is 2. The van der Waals surface area contributed by atoms with E-state index in [0.29, 0.717) is 23.6 Å². The number of benzene rings is 1. The highest BCUT2D eigenvalue weighted by atomic mass is 79.9. The molecule has 3 nitrogen and oxygen atoms in total. The van der Waals surface area contributed by atoms with Crippen LogP contribution in [-0.2, 0) is 4.79 Å². The van der Waals surface area contributed by atoms with Gasteiger partial charge in [0.15, 0.2) is 0 Å². The summed E-state index contributed by atoms with van der Waals surface area (Å²) in [6, 6.07) is 5.33. The van der Waals surface area contributed by atoms with Crippen molar-refractivity contribution in [2.75, 3.05) is 5.32 Å². The van der Waals surface area contributed by atoms with E-state index in [1.165, 1.54) is 0 Å². The lowest BCUT2D eigenvalue weighted by atomic mass is 9.73. The van der Waals surface area contributed by atoms with Crippen molar-refractivity contribution < 1.29 is 4.79 Å². The Morgan fingerprint density at radius 2 is 2.00 bits per heavy atom. The molecule has 1 saturated carbocycles. The van der Waals surface area contributed by atoms with E-state index in [0.717, 1.165) is 23.7 Å². The maximum Gasteiger partial charge on any atom is 0.237 e. The molecule has 1 aromatic carbocycles. The van der Waals surface area contributed by atoms with Crippen molar-refractivity contribution in [3.05, 3.63) is 27.7 Å². The first-order valence-corrected chi connectivity index (χ1v) is 8.10. The molecule has 1 aliphatic rings. The van der Waals surface area contributed by atoms with Crippen LogP contribution in [-0.4, -0.2) is 10.9 Å². The lowest BCUT2D eigenvalue weighted by Gasteiger charge is -2.34. The molecule has 0 atom stereocenters. The van der Waals surface area contributed by atoms with Crippen molar-refractivity contribution in [1.29, 1.82) is 0 Å². The summed E-state index contributed by atoms with van der Waals surface area (Å²) in [6.07, 6.45) is 4.48. The summed E-state index contributed by atoms with van der Waals surface area (Å²) in [7, 11) is 0. The molecule has 108 valence electrons. The Balaban J connectivity index is 2.25. The van der Waals surface area contributed by atoms with E-state index in [4.69, 9.17) is 29.6 Å². The Labute approximate surface area is 137 Å². The Bertz CT molecular complexity index is 544. The number of rotatable bonds is 3. The molecule has 1 amide bonds. The molecule has 0 aliphatic heterocycles. The molecule has 6 heteroatoms. The average molecular weight is 376 g/mol. The average Bonchev–Trinajstić information content (AvgIpc) is 2.43. The molecule has 0 aromatic heterocycles. The summed E-state index contributed by atoms with van der Waals surface area (Å²) in [5, 5.41) is 3.37. The number of nitrogens with one attached hydrogen (secondary N) is 1. The molecular weight excluding hydrogens is 360 g/mol. The van der Waals surface area contributed by atoms with Gasteiger partial charge < -0.3 is 11.1 Å². The lowest BCUT2D eigenvalue weighted by Crippen LogP contribution is -2.47. The molecule has 2 rings (SSSR count). The molecule has 3 N–H and O–H groups in total. The van der Waals surface area contributed by atoms with Crippen LogP contribution in [0.4, 0.5) is 5.69 Å². The molecule has 0 heterocycles. The van der Waals surface area contributed by atoms with E-state index in [2.05, 4.69) is 21.2 Å². The number of carbonyl (C=O) groups is 1. The first-order valence-electron chi connectivity index (χ1n) is 6.52. The fourth-order valence-electron chi connectivity index (χ4n) is 2.58. The van der Waals surface area contributed by atoms with Gasteiger partial charge >= 0.3 is 0 Å². The first kappa shape index (κ1) is 15.7. The van der Waals surface area contributed by atoms with Crippen LogP contribution in [0.5, 0.6) is 0 Å². The Hall–Kier alpha value is -0.650. The van der Waals surface area contributed by atoms with Gasteiger partial charge in [0, 0.05) is 4.47 Å². The maximum atomic E-state index is 12.6. The van der Waals surface area contributed by atoms with Gasteiger partial charge in [-0.05, 0) is 31.0 Å². The van der Waals surface area contributed by atoms with Crippen molar-refractivity contribution in [1.82, 2.24) is 0 Å². The zero-order chi connectivity index (χ0) is 14.8. The largest absolute Gasteiger partial charge is 0.392 e. The van der Waals surface area contributed by atoms with Gasteiger partial charge in [0.1, 0.15) is 0 Å². The second-order valence-corrected chi connectivity index (χ2v) is 6.85. The molecule has 0 spiro atoms. The number of amides is 1. The van der Waals surface area contributed by atoms with Gasteiger partial charge in [0.25, 0.3) is 0 Å². The van der Waals surface area contributed by atoms with Crippen LogP contribution in [0.25, 0.3) is 0 Å². The van der Waals surface area contributed by atoms with E-state index >= 15 is 0 Å². The third-order valence-corrected chi connectivity index (χ3v) is 5.00. The summed E-state index contributed by atoms with van der Waals surface area (Å²) in [5.41, 5.74) is 5.69. The predicted molar refractivity (Wildman–Crippen MR) is 90.1 cm³/mol. The van der Waals surface area contributed by atoms with E-state index in [1.807, 2.05) is 6.07 Å². The minimum atomic E-state index is -0.737. The second-order valence-electron chi connectivity index (χ2n) is 5.09. The van der Waals surface area contributed by atoms with Crippen LogP contribution in [0.1, 0.15) is 32.1 Å². The normalized spacial score (nSPS) is 17.5. The van der Waals surface area contributed by atoms with Crippen molar-refractivity contribution in [2.45, 2.75) is 32.1 Å². The second kappa shape index (κ2) is 6.41. The molecular formula is C14H16BrClN2OS. The summed E-state index contributed by atoms with van der Waals surface area (Å²) in [5.74, 6) is -0.148. The molecule has 0 bridgehead atoms. The molecule has 0 radical (unpaired) electrons. The molecule has 0 saturated heterocycles. The summed E-state index contributed by atoms with van der Waals surface area (Å²) in [6.45, 7) is 0. The Morgan fingerprint density at radius 1 is 1.35 bits per heavy atom.